The summed E-state index contributed by atoms with van der Waals surface area (Å²) in [6.45, 7) is 1.39. The zero-order chi connectivity index (χ0) is 17.0. The Labute approximate surface area is 130 Å². The molecule has 1 fully saturated rings. The third kappa shape index (κ3) is 1.94. The van der Waals surface area contributed by atoms with Gasteiger partial charge in [0.2, 0.25) is 0 Å². The predicted octanol–water partition coefficient (Wildman–Crippen LogP) is 0.947. The van der Waals surface area contributed by atoms with Crippen LogP contribution in [-0.4, -0.2) is 40.8 Å². The van der Waals surface area contributed by atoms with Crippen LogP contribution >= 0.6 is 0 Å². The monoisotopic (exact) mass is 322 g/mol. The molecule has 2 atom stereocenters. The van der Waals surface area contributed by atoms with Crippen LogP contribution in [0.3, 0.4) is 0 Å². The lowest BCUT2D eigenvalue weighted by atomic mass is 9.76. The highest BCUT2D eigenvalue weighted by molar-refractivity contribution is 5.99. The maximum Gasteiger partial charge on any atom is 0.343 e. The topological polar surface area (TPSA) is 119 Å². The molecule has 0 unspecified atom stereocenters. The normalized spacial score (nSPS) is 28.4. The van der Waals surface area contributed by atoms with Crippen molar-refractivity contribution in [3.05, 3.63) is 23.3 Å². The molecule has 1 saturated heterocycles. The number of ether oxygens (including phenoxy) is 3. The number of carbonyl (C=O) groups excluding carboxylic acids is 2. The summed E-state index contributed by atoms with van der Waals surface area (Å²) in [7, 11) is 1.37. The molecule has 1 spiro atoms. The van der Waals surface area contributed by atoms with Crippen molar-refractivity contribution < 1.29 is 38.8 Å². The summed E-state index contributed by atoms with van der Waals surface area (Å²) in [5, 5.41) is 19.2. The number of aliphatic carboxylic acids is 1. The molecule has 1 aromatic rings. The highest BCUT2D eigenvalue weighted by atomic mass is 16.6. The number of fused-ring (bicyclic) bond motifs is 2. The van der Waals surface area contributed by atoms with Crippen molar-refractivity contribution in [2.45, 2.75) is 31.0 Å². The van der Waals surface area contributed by atoms with Crippen LogP contribution in [0.25, 0.3) is 0 Å². The van der Waals surface area contributed by atoms with Crippen LogP contribution in [0.4, 0.5) is 0 Å². The van der Waals surface area contributed by atoms with Crippen molar-refractivity contribution in [3.8, 4) is 11.5 Å². The van der Waals surface area contributed by atoms with Crippen molar-refractivity contribution in [2.75, 3.05) is 7.11 Å². The Hall–Kier alpha value is -2.77. The van der Waals surface area contributed by atoms with Crippen molar-refractivity contribution >= 4 is 17.9 Å². The number of benzene rings is 1. The number of methoxy groups -OCH3 is 1. The molecule has 2 aliphatic heterocycles. The largest absolute Gasteiger partial charge is 0.507 e. The van der Waals surface area contributed by atoms with Gasteiger partial charge in [-0.15, -0.1) is 0 Å². The summed E-state index contributed by atoms with van der Waals surface area (Å²) in [5.74, 6) is -2.85. The molecule has 3 rings (SSSR count). The summed E-state index contributed by atoms with van der Waals surface area (Å²) < 4.78 is 15.6. The minimum Gasteiger partial charge on any atom is -0.507 e. The van der Waals surface area contributed by atoms with E-state index in [1.54, 1.807) is 0 Å². The first-order valence-electron chi connectivity index (χ1n) is 6.81. The minimum absolute atomic E-state index is 0.110. The fourth-order valence-corrected chi connectivity index (χ4v) is 3.27. The van der Waals surface area contributed by atoms with Crippen molar-refractivity contribution in [1.82, 2.24) is 0 Å². The Kier molecular flexibility index (Phi) is 3.03. The molecule has 0 amide bonds. The first-order chi connectivity index (χ1) is 10.7. The summed E-state index contributed by atoms with van der Waals surface area (Å²) in [6.07, 6.45) is -0.883. The number of hydrogen-bond donors (Lipinski definition) is 2. The third-order valence-electron chi connectivity index (χ3n) is 4.31. The van der Waals surface area contributed by atoms with Gasteiger partial charge in [-0.3, -0.25) is 9.59 Å². The number of carboxylic acid groups (broad SMARTS) is 1. The van der Waals surface area contributed by atoms with Crippen molar-refractivity contribution in [2.24, 2.45) is 0 Å². The van der Waals surface area contributed by atoms with Gasteiger partial charge in [-0.25, -0.2) is 4.79 Å². The number of rotatable bonds is 3. The summed E-state index contributed by atoms with van der Waals surface area (Å²) >= 11 is 0. The molecule has 0 aliphatic carbocycles. The quantitative estimate of drug-likeness (QED) is 0.789. The summed E-state index contributed by atoms with van der Waals surface area (Å²) in [4.78, 5) is 35.2. The van der Waals surface area contributed by atoms with E-state index in [4.69, 9.17) is 19.3 Å². The van der Waals surface area contributed by atoms with Crippen LogP contribution in [0, 0.1) is 0 Å². The van der Waals surface area contributed by atoms with Crippen LogP contribution in [0.1, 0.15) is 35.7 Å². The second-order valence-corrected chi connectivity index (χ2v) is 5.74. The lowest BCUT2D eigenvalue weighted by molar-refractivity contribution is -0.165. The number of cyclic esters (lactones) is 1. The average Bonchev–Trinajstić information content (AvgIpc) is 2.84. The van der Waals surface area contributed by atoms with Gasteiger partial charge >= 0.3 is 17.9 Å². The molecular weight excluding hydrogens is 308 g/mol. The molecule has 8 heteroatoms. The van der Waals surface area contributed by atoms with Crippen LogP contribution in [0.5, 0.6) is 11.5 Å². The molecule has 8 nitrogen and oxygen atoms in total. The van der Waals surface area contributed by atoms with E-state index in [2.05, 4.69) is 0 Å². The van der Waals surface area contributed by atoms with E-state index in [0.717, 1.165) is 0 Å². The fourth-order valence-electron chi connectivity index (χ4n) is 3.27. The maximum atomic E-state index is 12.2. The Morgan fingerprint density at radius 3 is 2.65 bits per heavy atom. The van der Waals surface area contributed by atoms with Gasteiger partial charge in [0, 0.05) is 11.6 Å². The number of aromatic hydroxyl groups is 1. The average molecular weight is 322 g/mol. The molecule has 2 aliphatic rings. The molecule has 2 heterocycles. The zero-order valence-electron chi connectivity index (χ0n) is 12.4. The molecule has 0 aromatic heterocycles. The maximum absolute atomic E-state index is 12.2. The lowest BCUT2D eigenvalue weighted by Gasteiger charge is -2.36. The predicted molar refractivity (Wildman–Crippen MR) is 73.1 cm³/mol. The van der Waals surface area contributed by atoms with Gasteiger partial charge in [-0.1, -0.05) is 0 Å². The number of phenolic OH excluding ortho intramolecular Hbond substituents is 1. The van der Waals surface area contributed by atoms with E-state index in [9.17, 15) is 19.5 Å². The second kappa shape index (κ2) is 4.61. The first kappa shape index (κ1) is 15.1. The standard InChI is InChI=1S/C15H14O8/c1-14(5-10(17)18)15(6-11(19)22-14)8-3-7(21-2)4-9(16)12(8)13(20)23-15/h3-4,16H,5-6H2,1-2H3,(H,17,18)/t14-,15-/m1/s1. The number of phenols is 1. The van der Waals surface area contributed by atoms with Crippen molar-refractivity contribution in [3.63, 3.8) is 0 Å². The molecule has 0 radical (unpaired) electrons. The fraction of sp³-hybridized carbons (Fsp3) is 0.400. The smallest absolute Gasteiger partial charge is 0.343 e. The van der Waals surface area contributed by atoms with Crippen LogP contribution < -0.4 is 4.74 Å². The van der Waals surface area contributed by atoms with E-state index in [1.807, 2.05) is 0 Å². The lowest BCUT2D eigenvalue weighted by Crippen LogP contribution is -2.48. The summed E-state index contributed by atoms with van der Waals surface area (Å²) in [6, 6.07) is 2.69. The Bertz CT molecular complexity index is 739. The Morgan fingerprint density at radius 1 is 1.35 bits per heavy atom. The minimum atomic E-state index is -1.61. The molecule has 122 valence electrons. The van der Waals surface area contributed by atoms with E-state index in [1.165, 1.54) is 26.2 Å². The van der Waals surface area contributed by atoms with Gasteiger partial charge in [-0.2, -0.15) is 0 Å². The van der Waals surface area contributed by atoms with E-state index < -0.39 is 35.5 Å². The van der Waals surface area contributed by atoms with Crippen LogP contribution in [0.15, 0.2) is 12.1 Å². The number of esters is 2. The van der Waals surface area contributed by atoms with E-state index in [0.29, 0.717) is 0 Å². The first-order valence-corrected chi connectivity index (χ1v) is 6.81. The van der Waals surface area contributed by atoms with Crippen LogP contribution in [0.2, 0.25) is 0 Å². The van der Waals surface area contributed by atoms with E-state index in [-0.39, 0.29) is 29.0 Å². The summed E-state index contributed by atoms with van der Waals surface area (Å²) in [5.41, 5.74) is -3.12. The Morgan fingerprint density at radius 2 is 2.04 bits per heavy atom. The highest BCUT2D eigenvalue weighted by Gasteiger charge is 2.67. The highest BCUT2D eigenvalue weighted by Crippen LogP contribution is 2.56. The molecule has 2 N–H and O–H groups in total. The second-order valence-electron chi connectivity index (χ2n) is 5.74. The molecular formula is C15H14O8. The molecule has 1 aromatic carbocycles. The van der Waals surface area contributed by atoms with Gasteiger partial charge in [0.15, 0.2) is 11.2 Å². The number of hydrogen-bond acceptors (Lipinski definition) is 7. The van der Waals surface area contributed by atoms with Gasteiger partial charge in [0.05, 0.1) is 20.0 Å². The SMILES string of the molecule is COc1cc(O)c2c(c1)[C@@]1(CC(=O)O[C@]1(C)CC(=O)O)OC2=O. The third-order valence-corrected chi connectivity index (χ3v) is 4.31. The molecule has 23 heavy (non-hydrogen) atoms. The van der Waals surface area contributed by atoms with Gasteiger partial charge in [-0.05, 0) is 13.0 Å². The van der Waals surface area contributed by atoms with Crippen LogP contribution in [-0.2, 0) is 24.7 Å². The van der Waals surface area contributed by atoms with Gasteiger partial charge in [0.25, 0.3) is 0 Å². The van der Waals surface area contributed by atoms with Gasteiger partial charge < -0.3 is 24.4 Å². The van der Waals surface area contributed by atoms with Gasteiger partial charge in [0.1, 0.15) is 17.1 Å². The zero-order valence-corrected chi connectivity index (χ0v) is 12.4. The van der Waals surface area contributed by atoms with E-state index >= 15 is 0 Å². The number of carbonyl (C=O) groups is 3. The Balaban J connectivity index is 2.25. The number of carboxylic acids is 1. The molecule has 0 bridgehead atoms. The van der Waals surface area contributed by atoms with Crippen molar-refractivity contribution in [1.29, 1.82) is 0 Å². The molecule has 0 saturated carbocycles.